The van der Waals surface area contributed by atoms with E-state index >= 15 is 0 Å². The van der Waals surface area contributed by atoms with Crippen LogP contribution in [0.3, 0.4) is 0 Å². The van der Waals surface area contributed by atoms with Crippen molar-refractivity contribution in [2.24, 2.45) is 0 Å². The zero-order valence-corrected chi connectivity index (χ0v) is 17.5. The van der Waals surface area contributed by atoms with Crippen LogP contribution in [0.5, 0.6) is 11.5 Å². The minimum atomic E-state index is -0.327. The Labute approximate surface area is 174 Å². The van der Waals surface area contributed by atoms with E-state index in [0.29, 0.717) is 23.0 Å². The number of benzene rings is 2. The van der Waals surface area contributed by atoms with Crippen LogP contribution in [0, 0.1) is 0 Å². The summed E-state index contributed by atoms with van der Waals surface area (Å²) in [6.07, 6.45) is 2.27. The predicted molar refractivity (Wildman–Crippen MR) is 113 cm³/mol. The van der Waals surface area contributed by atoms with Gasteiger partial charge in [-0.3, -0.25) is 9.36 Å². The van der Waals surface area contributed by atoms with Gasteiger partial charge in [-0.05, 0) is 50.1 Å². The summed E-state index contributed by atoms with van der Waals surface area (Å²) in [6.45, 7) is 1.89. The third-order valence-electron chi connectivity index (χ3n) is 4.93. The van der Waals surface area contributed by atoms with Crippen LogP contribution in [0.25, 0.3) is 5.69 Å². The van der Waals surface area contributed by atoms with Crippen molar-refractivity contribution in [1.82, 2.24) is 14.8 Å². The first-order valence-electron chi connectivity index (χ1n) is 9.56. The van der Waals surface area contributed by atoms with Gasteiger partial charge in [0.1, 0.15) is 5.82 Å². The molecule has 1 saturated carbocycles. The lowest BCUT2D eigenvalue weighted by Gasteiger charge is -2.14. The number of ether oxygens (including phenoxy) is 2. The highest BCUT2D eigenvalue weighted by Crippen LogP contribution is 2.41. The molecule has 29 heavy (non-hydrogen) atoms. The van der Waals surface area contributed by atoms with Crippen molar-refractivity contribution in [2.75, 3.05) is 14.2 Å². The second-order valence-corrected chi connectivity index (χ2v) is 8.29. The van der Waals surface area contributed by atoms with Gasteiger partial charge < -0.3 is 9.47 Å². The van der Waals surface area contributed by atoms with E-state index in [1.165, 1.54) is 11.8 Å². The molecule has 3 aromatic rings. The number of ketones is 1. The molecule has 1 heterocycles. The molecule has 1 fully saturated rings. The number of hydrogen-bond donors (Lipinski definition) is 0. The summed E-state index contributed by atoms with van der Waals surface area (Å²) in [4.78, 5) is 13.0. The Bertz CT molecular complexity index is 1020. The quantitative estimate of drug-likeness (QED) is 0.402. The summed E-state index contributed by atoms with van der Waals surface area (Å²) >= 11 is 1.43. The molecule has 0 amide bonds. The number of Topliss-reactive ketones (excluding diaryl/α,β-unsaturated/α-hetero) is 1. The minimum Gasteiger partial charge on any atom is -0.493 e. The summed E-state index contributed by atoms with van der Waals surface area (Å²) in [5.41, 5.74) is 1.60. The van der Waals surface area contributed by atoms with Gasteiger partial charge in [0.2, 0.25) is 0 Å². The number of carbonyl (C=O) groups excluding carboxylic acids is 1. The summed E-state index contributed by atoms with van der Waals surface area (Å²) < 4.78 is 12.7. The van der Waals surface area contributed by atoms with Crippen LogP contribution in [-0.4, -0.2) is 40.0 Å². The normalized spacial score (nSPS) is 14.4. The average molecular weight is 410 g/mol. The van der Waals surface area contributed by atoms with Crippen LogP contribution in [0.15, 0.2) is 53.7 Å². The van der Waals surface area contributed by atoms with Gasteiger partial charge in [0.05, 0.1) is 19.5 Å². The third-order valence-corrected chi connectivity index (χ3v) is 5.98. The standard InChI is InChI=1S/C22H23N3O3S/c1-14(20(26)16-11-12-18(27-2)19(13-16)28-3)29-22-24-23-21(15-9-10-15)25(22)17-7-5-4-6-8-17/h4-8,11-15H,9-10H2,1-3H3. The molecule has 0 N–H and O–H groups in total. The number of carbonyl (C=O) groups is 1. The van der Waals surface area contributed by atoms with Gasteiger partial charge in [-0.15, -0.1) is 10.2 Å². The second-order valence-electron chi connectivity index (χ2n) is 6.98. The van der Waals surface area contributed by atoms with Crippen LogP contribution >= 0.6 is 11.8 Å². The average Bonchev–Trinajstić information content (AvgIpc) is 3.53. The fourth-order valence-corrected chi connectivity index (χ4v) is 4.17. The molecule has 0 radical (unpaired) electrons. The van der Waals surface area contributed by atoms with Crippen LogP contribution in [0.4, 0.5) is 0 Å². The van der Waals surface area contributed by atoms with E-state index in [2.05, 4.69) is 14.8 Å². The number of nitrogens with zero attached hydrogens (tertiary/aromatic N) is 3. The lowest BCUT2D eigenvalue weighted by atomic mass is 10.1. The number of methoxy groups -OCH3 is 2. The Balaban J connectivity index is 1.60. The fraction of sp³-hybridized carbons (Fsp3) is 0.318. The summed E-state index contributed by atoms with van der Waals surface area (Å²) in [5, 5.41) is 9.25. The number of aromatic nitrogens is 3. The van der Waals surface area contributed by atoms with E-state index in [1.807, 2.05) is 37.3 Å². The first-order valence-corrected chi connectivity index (χ1v) is 10.4. The molecule has 4 rings (SSSR count). The van der Waals surface area contributed by atoms with Crippen molar-refractivity contribution in [3.63, 3.8) is 0 Å². The van der Waals surface area contributed by atoms with Crippen molar-refractivity contribution >= 4 is 17.5 Å². The van der Waals surface area contributed by atoms with Crippen LogP contribution in [-0.2, 0) is 0 Å². The molecule has 1 aromatic heterocycles. The molecule has 2 aromatic carbocycles. The van der Waals surface area contributed by atoms with Crippen LogP contribution in [0.1, 0.15) is 41.9 Å². The monoisotopic (exact) mass is 409 g/mol. The number of thioether (sulfide) groups is 1. The Morgan fingerprint density at radius 1 is 1.07 bits per heavy atom. The minimum absolute atomic E-state index is 0.00605. The van der Waals surface area contributed by atoms with E-state index in [4.69, 9.17) is 9.47 Å². The molecule has 1 aliphatic rings. The SMILES string of the molecule is COc1ccc(C(=O)C(C)Sc2nnc(C3CC3)n2-c2ccccc2)cc1OC. The fourth-order valence-electron chi connectivity index (χ4n) is 3.22. The molecule has 1 aliphatic carbocycles. The smallest absolute Gasteiger partial charge is 0.196 e. The zero-order chi connectivity index (χ0) is 20.4. The largest absolute Gasteiger partial charge is 0.493 e. The Morgan fingerprint density at radius 2 is 1.79 bits per heavy atom. The van der Waals surface area contributed by atoms with Crippen molar-refractivity contribution in [2.45, 2.75) is 36.1 Å². The van der Waals surface area contributed by atoms with E-state index in [9.17, 15) is 4.79 Å². The predicted octanol–water partition coefficient (Wildman–Crippen LogP) is 4.53. The molecular formula is C22H23N3O3S. The molecule has 150 valence electrons. The molecular weight excluding hydrogens is 386 g/mol. The first kappa shape index (κ1) is 19.5. The Morgan fingerprint density at radius 3 is 2.45 bits per heavy atom. The number of hydrogen-bond acceptors (Lipinski definition) is 6. The van der Waals surface area contributed by atoms with Crippen LogP contribution < -0.4 is 9.47 Å². The molecule has 0 spiro atoms. The zero-order valence-electron chi connectivity index (χ0n) is 16.7. The first-order chi connectivity index (χ1) is 14.1. The van der Waals surface area contributed by atoms with Crippen LogP contribution in [0.2, 0.25) is 0 Å². The molecule has 0 saturated heterocycles. The second kappa shape index (κ2) is 8.29. The number of para-hydroxylation sites is 1. The summed E-state index contributed by atoms with van der Waals surface area (Å²) in [7, 11) is 3.14. The molecule has 7 heteroatoms. The van der Waals surface area contributed by atoms with Crippen molar-refractivity contribution in [3.05, 3.63) is 59.9 Å². The highest BCUT2D eigenvalue weighted by Gasteiger charge is 2.32. The van der Waals surface area contributed by atoms with E-state index < -0.39 is 0 Å². The summed E-state index contributed by atoms with van der Waals surface area (Å²) in [6, 6.07) is 15.3. The lowest BCUT2D eigenvalue weighted by Crippen LogP contribution is -2.15. The topological polar surface area (TPSA) is 66.2 Å². The van der Waals surface area contributed by atoms with Crippen molar-refractivity contribution < 1.29 is 14.3 Å². The van der Waals surface area contributed by atoms with E-state index in [-0.39, 0.29) is 11.0 Å². The van der Waals surface area contributed by atoms with Gasteiger partial charge in [0, 0.05) is 17.2 Å². The number of rotatable bonds is 8. The maximum absolute atomic E-state index is 13.0. The third kappa shape index (κ3) is 4.00. The van der Waals surface area contributed by atoms with Gasteiger partial charge in [-0.25, -0.2) is 0 Å². The maximum Gasteiger partial charge on any atom is 0.196 e. The van der Waals surface area contributed by atoms with Gasteiger partial charge in [0.15, 0.2) is 22.4 Å². The molecule has 1 unspecified atom stereocenters. The van der Waals surface area contributed by atoms with Gasteiger partial charge in [0.25, 0.3) is 0 Å². The van der Waals surface area contributed by atoms with Gasteiger partial charge >= 0.3 is 0 Å². The van der Waals surface area contributed by atoms with E-state index in [0.717, 1.165) is 29.5 Å². The Kier molecular flexibility index (Phi) is 5.58. The van der Waals surface area contributed by atoms with E-state index in [1.54, 1.807) is 32.4 Å². The maximum atomic E-state index is 13.0. The lowest BCUT2D eigenvalue weighted by molar-refractivity contribution is 0.0993. The van der Waals surface area contributed by atoms with Gasteiger partial charge in [-0.1, -0.05) is 30.0 Å². The summed E-state index contributed by atoms with van der Waals surface area (Å²) in [5.74, 6) is 2.58. The molecule has 6 nitrogen and oxygen atoms in total. The molecule has 1 atom stereocenters. The molecule has 0 aliphatic heterocycles. The Hall–Kier alpha value is -2.80. The van der Waals surface area contributed by atoms with Crippen molar-refractivity contribution in [3.8, 4) is 17.2 Å². The highest BCUT2D eigenvalue weighted by molar-refractivity contribution is 8.00. The van der Waals surface area contributed by atoms with Gasteiger partial charge in [-0.2, -0.15) is 0 Å². The highest BCUT2D eigenvalue weighted by atomic mass is 32.2. The molecule has 0 bridgehead atoms. The van der Waals surface area contributed by atoms with Crippen molar-refractivity contribution in [1.29, 1.82) is 0 Å².